The Kier molecular flexibility index (Phi) is 8.67. The van der Waals surface area contributed by atoms with Crippen LogP contribution in [0, 0.1) is 0 Å². The van der Waals surface area contributed by atoms with E-state index in [1.807, 2.05) is 0 Å². The molecule has 4 heteroatoms. The number of ether oxygens (including phenoxy) is 1. The van der Waals surface area contributed by atoms with Crippen LogP contribution < -0.4 is 0 Å². The Balaban J connectivity index is 3.01. The van der Waals surface area contributed by atoms with E-state index in [-0.39, 0.29) is 0 Å². The fraction of sp³-hybridized carbons (Fsp3) is 1.00. The first-order valence-corrected chi connectivity index (χ1v) is 10.2. The minimum absolute atomic E-state index is 0.379. The zero-order chi connectivity index (χ0) is 18.3. The van der Waals surface area contributed by atoms with Gasteiger partial charge in [0.25, 0.3) is 0 Å². The molecule has 1 saturated heterocycles. The molecule has 0 saturated carbocycles. The lowest BCUT2D eigenvalue weighted by Crippen LogP contribution is -2.63. The summed E-state index contributed by atoms with van der Waals surface area (Å²) in [7, 11) is 0. The highest BCUT2D eigenvalue weighted by Crippen LogP contribution is 2.52. The molecule has 0 radical (unpaired) electrons. The van der Waals surface area contributed by atoms with Gasteiger partial charge in [-0.1, -0.05) is 72.1 Å². The van der Waals surface area contributed by atoms with Crippen LogP contribution in [0.25, 0.3) is 0 Å². The van der Waals surface area contributed by atoms with Gasteiger partial charge >= 0.3 is 0 Å². The largest absolute Gasteiger partial charge is 0.384 e. The standard InChI is InChI=1S/C20H40O4/c1-5-8-11-14-18(21)17(4)24-20(23,16-13-10-7-3)19(18,22)15-12-9-6-2/h17,21-23H,5-16H2,1-4H3/t17-,18-,19-,20+/m1/s1. The van der Waals surface area contributed by atoms with Gasteiger partial charge in [0.2, 0.25) is 0 Å². The molecule has 1 heterocycles. The van der Waals surface area contributed by atoms with E-state index in [0.29, 0.717) is 19.3 Å². The monoisotopic (exact) mass is 344 g/mol. The van der Waals surface area contributed by atoms with Crippen LogP contribution in [0.4, 0.5) is 0 Å². The molecule has 0 spiro atoms. The van der Waals surface area contributed by atoms with E-state index in [4.69, 9.17) is 4.74 Å². The van der Waals surface area contributed by atoms with Crippen LogP contribution in [0.2, 0.25) is 0 Å². The molecule has 0 aromatic heterocycles. The third-order valence-electron chi connectivity index (χ3n) is 5.83. The molecular weight excluding hydrogens is 304 g/mol. The van der Waals surface area contributed by atoms with Crippen LogP contribution in [-0.2, 0) is 4.74 Å². The summed E-state index contributed by atoms with van der Waals surface area (Å²) in [5, 5.41) is 34.0. The summed E-state index contributed by atoms with van der Waals surface area (Å²) in [5.74, 6) is -1.64. The topological polar surface area (TPSA) is 69.9 Å². The van der Waals surface area contributed by atoms with Gasteiger partial charge in [-0.2, -0.15) is 0 Å². The third-order valence-corrected chi connectivity index (χ3v) is 5.83. The smallest absolute Gasteiger partial charge is 0.198 e. The van der Waals surface area contributed by atoms with E-state index in [1.54, 1.807) is 6.92 Å². The highest BCUT2D eigenvalue weighted by Gasteiger charge is 2.70. The van der Waals surface area contributed by atoms with Gasteiger partial charge in [0, 0.05) is 6.42 Å². The van der Waals surface area contributed by atoms with Gasteiger partial charge in [-0.25, -0.2) is 0 Å². The van der Waals surface area contributed by atoms with Crippen molar-refractivity contribution in [3.63, 3.8) is 0 Å². The normalized spacial score (nSPS) is 36.4. The lowest BCUT2D eigenvalue weighted by atomic mass is 9.70. The van der Waals surface area contributed by atoms with Gasteiger partial charge in [-0.05, 0) is 26.2 Å². The summed E-state index contributed by atoms with van der Waals surface area (Å²) in [6, 6.07) is 0. The first kappa shape index (κ1) is 21.9. The summed E-state index contributed by atoms with van der Waals surface area (Å²) < 4.78 is 5.84. The minimum Gasteiger partial charge on any atom is -0.384 e. The molecule has 1 aliphatic rings. The van der Waals surface area contributed by atoms with E-state index in [2.05, 4.69) is 20.8 Å². The Bertz CT molecular complexity index is 362. The quantitative estimate of drug-likeness (QED) is 0.462. The molecule has 0 unspecified atom stereocenters. The van der Waals surface area contributed by atoms with Gasteiger partial charge in [-0.15, -0.1) is 0 Å². The van der Waals surface area contributed by atoms with Gasteiger partial charge in [0.15, 0.2) is 5.79 Å². The van der Waals surface area contributed by atoms with Crippen LogP contribution in [0.5, 0.6) is 0 Å². The molecule has 1 fully saturated rings. The molecule has 4 atom stereocenters. The predicted octanol–water partition coefficient (Wildman–Crippen LogP) is 4.30. The summed E-state index contributed by atoms with van der Waals surface area (Å²) >= 11 is 0. The Morgan fingerprint density at radius 1 is 0.708 bits per heavy atom. The molecule has 24 heavy (non-hydrogen) atoms. The summed E-state index contributed by atoms with van der Waals surface area (Å²) in [4.78, 5) is 0. The third kappa shape index (κ3) is 4.32. The Labute approximate surface area is 148 Å². The predicted molar refractivity (Wildman–Crippen MR) is 97.8 cm³/mol. The zero-order valence-corrected chi connectivity index (χ0v) is 16.3. The van der Waals surface area contributed by atoms with E-state index in [0.717, 1.165) is 57.8 Å². The van der Waals surface area contributed by atoms with Crippen molar-refractivity contribution >= 4 is 0 Å². The first-order valence-electron chi connectivity index (χ1n) is 10.2. The first-order chi connectivity index (χ1) is 11.3. The van der Waals surface area contributed by atoms with Crippen molar-refractivity contribution in [1.29, 1.82) is 0 Å². The van der Waals surface area contributed by atoms with Crippen LogP contribution in [-0.4, -0.2) is 38.4 Å². The molecule has 0 aromatic rings. The molecule has 144 valence electrons. The van der Waals surface area contributed by atoms with E-state index >= 15 is 0 Å². The van der Waals surface area contributed by atoms with Crippen LogP contribution in [0.3, 0.4) is 0 Å². The SMILES string of the molecule is CCCCC[C@@]1(O)[C@@](O)(CCCCC)[C@@H](C)O[C@@]1(O)CCCCC. The average Bonchev–Trinajstić information content (AvgIpc) is 2.67. The molecule has 0 aromatic carbocycles. The van der Waals surface area contributed by atoms with Crippen molar-refractivity contribution in [3.05, 3.63) is 0 Å². The Hall–Kier alpha value is -0.160. The molecule has 1 aliphatic heterocycles. The van der Waals surface area contributed by atoms with E-state index in [1.165, 1.54) is 0 Å². The molecule has 4 nitrogen and oxygen atoms in total. The number of hydrogen-bond donors (Lipinski definition) is 3. The molecular formula is C20H40O4. The summed E-state index contributed by atoms with van der Waals surface area (Å²) in [6.45, 7) is 8.12. The second kappa shape index (κ2) is 9.51. The lowest BCUT2D eigenvalue weighted by molar-refractivity contribution is -0.280. The van der Waals surface area contributed by atoms with Crippen molar-refractivity contribution in [2.24, 2.45) is 0 Å². The van der Waals surface area contributed by atoms with Crippen LogP contribution in [0.1, 0.15) is 105 Å². The van der Waals surface area contributed by atoms with Crippen molar-refractivity contribution in [1.82, 2.24) is 0 Å². The fourth-order valence-corrected chi connectivity index (χ4v) is 4.14. The van der Waals surface area contributed by atoms with Crippen molar-refractivity contribution in [3.8, 4) is 0 Å². The minimum atomic E-state index is -1.64. The highest BCUT2D eigenvalue weighted by atomic mass is 16.7. The van der Waals surface area contributed by atoms with Crippen molar-refractivity contribution < 1.29 is 20.1 Å². The highest BCUT2D eigenvalue weighted by molar-refractivity contribution is 5.16. The second-order valence-corrected chi connectivity index (χ2v) is 7.70. The number of unbranched alkanes of at least 4 members (excludes halogenated alkanes) is 6. The average molecular weight is 345 g/mol. The van der Waals surface area contributed by atoms with Gasteiger partial charge < -0.3 is 20.1 Å². The lowest BCUT2D eigenvalue weighted by Gasteiger charge is -2.44. The summed E-state index contributed by atoms with van der Waals surface area (Å²) in [5.41, 5.74) is -2.97. The molecule has 0 bridgehead atoms. The van der Waals surface area contributed by atoms with E-state index < -0.39 is 23.1 Å². The molecule has 1 rings (SSSR count). The Morgan fingerprint density at radius 3 is 1.67 bits per heavy atom. The molecule has 0 aliphatic carbocycles. The fourth-order valence-electron chi connectivity index (χ4n) is 4.14. The van der Waals surface area contributed by atoms with Crippen LogP contribution >= 0.6 is 0 Å². The van der Waals surface area contributed by atoms with Gasteiger partial charge in [0.1, 0.15) is 11.2 Å². The maximum absolute atomic E-state index is 11.5. The molecule has 3 N–H and O–H groups in total. The Morgan fingerprint density at radius 2 is 1.17 bits per heavy atom. The zero-order valence-electron chi connectivity index (χ0n) is 16.3. The van der Waals surface area contributed by atoms with Gasteiger partial charge in [0.05, 0.1) is 6.10 Å². The number of aliphatic hydroxyl groups is 3. The van der Waals surface area contributed by atoms with E-state index in [9.17, 15) is 15.3 Å². The van der Waals surface area contributed by atoms with Gasteiger partial charge in [-0.3, -0.25) is 0 Å². The van der Waals surface area contributed by atoms with Crippen molar-refractivity contribution in [2.45, 2.75) is 128 Å². The summed E-state index contributed by atoms with van der Waals surface area (Å²) in [6.07, 6.45) is 9.20. The second-order valence-electron chi connectivity index (χ2n) is 7.70. The maximum Gasteiger partial charge on any atom is 0.198 e. The van der Waals surface area contributed by atoms with Crippen molar-refractivity contribution in [2.75, 3.05) is 0 Å². The number of rotatable bonds is 12. The maximum atomic E-state index is 11.5. The number of hydrogen-bond acceptors (Lipinski definition) is 4. The molecule has 0 amide bonds. The van der Waals surface area contributed by atoms with Crippen LogP contribution in [0.15, 0.2) is 0 Å².